The van der Waals surface area contributed by atoms with Gasteiger partial charge in [-0.05, 0) is 24.3 Å². The van der Waals surface area contributed by atoms with Gasteiger partial charge in [0.25, 0.3) is 5.69 Å². The molecule has 2 rings (SSSR count). The fourth-order valence-electron chi connectivity index (χ4n) is 1.44. The van der Waals surface area contributed by atoms with Gasteiger partial charge in [0.2, 0.25) is 0 Å². The lowest BCUT2D eigenvalue weighted by Crippen LogP contribution is -1.98. The maximum absolute atomic E-state index is 11.6. The third kappa shape index (κ3) is 3.21. The Kier molecular flexibility index (Phi) is 4.11. The number of nitro benzene ring substituents is 1. The van der Waals surface area contributed by atoms with E-state index in [-0.39, 0.29) is 16.4 Å². The van der Waals surface area contributed by atoms with E-state index in [9.17, 15) is 15.3 Å². The van der Waals surface area contributed by atoms with E-state index < -0.39 is 4.92 Å². The Hall–Kier alpha value is -2.67. The fraction of sp³-hybridized carbons (Fsp3) is 0. The number of nitro groups is 1. The van der Waals surface area contributed by atoms with Gasteiger partial charge in [0.05, 0.1) is 16.2 Å². The predicted octanol–water partition coefficient (Wildman–Crippen LogP) is 3.87. The molecule has 102 valence electrons. The van der Waals surface area contributed by atoms with Crippen molar-refractivity contribution in [2.45, 2.75) is 0 Å². The summed E-state index contributed by atoms with van der Waals surface area (Å²) in [6.45, 7) is 0. The molecule has 0 radical (unpaired) electrons. The molecule has 0 bridgehead atoms. The standard InChI is InChI=1S/C12H9ClN4O3/c13-11-7-6-9(8-12(11)17(19)20)14-15-16(18)10-4-2-1-3-5-10/h1-8,14H/b16-15-. The molecule has 0 aliphatic rings. The molecule has 0 aromatic heterocycles. The zero-order valence-corrected chi connectivity index (χ0v) is 10.8. The Balaban J connectivity index is 2.19. The highest BCUT2D eigenvalue weighted by molar-refractivity contribution is 6.32. The quantitative estimate of drug-likeness (QED) is 0.400. The molecule has 2 aromatic carbocycles. The Bertz CT molecular complexity index is 661. The van der Waals surface area contributed by atoms with Gasteiger partial charge in [-0.1, -0.05) is 29.8 Å². The lowest BCUT2D eigenvalue weighted by atomic mass is 10.3. The summed E-state index contributed by atoms with van der Waals surface area (Å²) in [5, 5.41) is 25.9. The van der Waals surface area contributed by atoms with Crippen molar-refractivity contribution in [1.29, 1.82) is 0 Å². The molecule has 20 heavy (non-hydrogen) atoms. The third-order valence-electron chi connectivity index (χ3n) is 2.39. The van der Waals surface area contributed by atoms with Crippen molar-refractivity contribution in [1.82, 2.24) is 0 Å². The van der Waals surface area contributed by atoms with Crippen LogP contribution in [0.1, 0.15) is 0 Å². The van der Waals surface area contributed by atoms with Crippen LogP contribution in [0.5, 0.6) is 0 Å². The van der Waals surface area contributed by atoms with E-state index >= 15 is 0 Å². The van der Waals surface area contributed by atoms with Crippen LogP contribution in [0.4, 0.5) is 17.1 Å². The fourth-order valence-corrected chi connectivity index (χ4v) is 1.63. The minimum Gasteiger partial charge on any atom is -0.691 e. The molecule has 0 unspecified atom stereocenters. The average molecular weight is 293 g/mol. The summed E-state index contributed by atoms with van der Waals surface area (Å²) in [5.41, 5.74) is 2.81. The molecule has 0 amide bonds. The molecule has 0 atom stereocenters. The monoisotopic (exact) mass is 292 g/mol. The Morgan fingerprint density at radius 2 is 1.80 bits per heavy atom. The summed E-state index contributed by atoms with van der Waals surface area (Å²) in [6.07, 6.45) is 0. The summed E-state index contributed by atoms with van der Waals surface area (Å²) in [6, 6.07) is 12.4. The lowest BCUT2D eigenvalue weighted by molar-refractivity contribution is -0.439. The first-order valence-electron chi connectivity index (χ1n) is 5.51. The number of rotatable bonds is 4. The van der Waals surface area contributed by atoms with Crippen LogP contribution in [-0.4, -0.2) is 9.78 Å². The lowest BCUT2D eigenvalue weighted by Gasteiger charge is -2.04. The van der Waals surface area contributed by atoms with Crippen molar-refractivity contribution in [2.75, 3.05) is 5.43 Å². The average Bonchev–Trinajstić information content (AvgIpc) is 2.46. The largest absolute Gasteiger partial charge is 0.691 e. The number of benzene rings is 2. The van der Waals surface area contributed by atoms with Crippen molar-refractivity contribution >= 4 is 28.7 Å². The van der Waals surface area contributed by atoms with Crippen molar-refractivity contribution in [3.8, 4) is 0 Å². The predicted molar refractivity (Wildman–Crippen MR) is 73.9 cm³/mol. The molecule has 0 aliphatic heterocycles. The van der Waals surface area contributed by atoms with Gasteiger partial charge >= 0.3 is 0 Å². The van der Waals surface area contributed by atoms with Crippen LogP contribution >= 0.6 is 11.6 Å². The number of hydrogen-bond donors (Lipinski definition) is 1. The smallest absolute Gasteiger partial charge is 0.292 e. The topological polar surface area (TPSA) is 93.6 Å². The van der Waals surface area contributed by atoms with Crippen LogP contribution in [0.15, 0.2) is 53.8 Å². The zero-order valence-electron chi connectivity index (χ0n) is 10.1. The van der Waals surface area contributed by atoms with Gasteiger partial charge < -0.3 is 5.21 Å². The molecule has 0 spiro atoms. The van der Waals surface area contributed by atoms with Crippen molar-refractivity contribution < 1.29 is 9.78 Å². The molecule has 0 fully saturated rings. The first-order valence-corrected chi connectivity index (χ1v) is 5.88. The van der Waals surface area contributed by atoms with Crippen molar-refractivity contribution in [2.24, 2.45) is 5.22 Å². The van der Waals surface area contributed by atoms with Crippen molar-refractivity contribution in [3.05, 3.63) is 68.9 Å². The maximum atomic E-state index is 11.6. The second-order valence-electron chi connectivity index (χ2n) is 3.74. The Labute approximate surface area is 118 Å². The van der Waals surface area contributed by atoms with E-state index in [1.54, 1.807) is 30.3 Å². The number of halogens is 1. The van der Waals surface area contributed by atoms with Gasteiger partial charge in [0.15, 0.2) is 11.4 Å². The van der Waals surface area contributed by atoms with E-state index in [0.717, 1.165) is 0 Å². The van der Waals surface area contributed by atoms with Gasteiger partial charge in [-0.15, -0.1) is 10.3 Å². The Morgan fingerprint density at radius 1 is 1.10 bits per heavy atom. The van der Waals surface area contributed by atoms with Crippen LogP contribution in [0.2, 0.25) is 5.02 Å². The Morgan fingerprint density at radius 3 is 2.45 bits per heavy atom. The summed E-state index contributed by atoms with van der Waals surface area (Å²) in [4.78, 5) is 10.5. The number of nitrogens with zero attached hydrogens (tertiary/aromatic N) is 3. The highest BCUT2D eigenvalue weighted by Gasteiger charge is 2.14. The number of para-hydroxylation sites is 1. The molecule has 0 saturated carbocycles. The second kappa shape index (κ2) is 5.98. The van der Waals surface area contributed by atoms with Crippen LogP contribution in [-0.2, 0) is 0 Å². The van der Waals surface area contributed by atoms with Gasteiger partial charge in [0, 0.05) is 0 Å². The highest BCUT2D eigenvalue weighted by atomic mass is 35.5. The SMILES string of the molecule is O=[N+]([O-])c1cc(N/N=[N+](\[O-])c2ccccc2)ccc1Cl. The first-order chi connectivity index (χ1) is 9.58. The minimum atomic E-state index is -0.611. The van der Waals surface area contributed by atoms with Crippen LogP contribution < -0.4 is 5.43 Å². The summed E-state index contributed by atoms with van der Waals surface area (Å²) >= 11 is 5.68. The van der Waals surface area contributed by atoms with Crippen LogP contribution in [0.25, 0.3) is 0 Å². The normalized spacial score (nSPS) is 11.2. The van der Waals surface area contributed by atoms with E-state index in [4.69, 9.17) is 11.6 Å². The maximum Gasteiger partial charge on any atom is 0.292 e. The molecule has 2 aromatic rings. The summed E-state index contributed by atoms with van der Waals surface area (Å²) < 4.78 is 0. The van der Waals surface area contributed by atoms with E-state index in [1.165, 1.54) is 18.2 Å². The van der Waals surface area contributed by atoms with Crippen molar-refractivity contribution in [3.63, 3.8) is 0 Å². The molecule has 0 aliphatic carbocycles. The summed E-state index contributed by atoms with van der Waals surface area (Å²) in [7, 11) is 0. The van der Waals surface area contributed by atoms with E-state index in [2.05, 4.69) is 10.6 Å². The molecule has 7 nitrogen and oxygen atoms in total. The number of nitrogens with one attached hydrogen (secondary N) is 1. The molecule has 0 saturated heterocycles. The molecular weight excluding hydrogens is 284 g/mol. The molecular formula is C12H9ClN4O3. The van der Waals surface area contributed by atoms with Gasteiger partial charge in [0.1, 0.15) is 5.02 Å². The summed E-state index contributed by atoms with van der Waals surface area (Å²) in [5.74, 6) is 0. The van der Waals surface area contributed by atoms with Gasteiger partial charge in [-0.3, -0.25) is 10.1 Å². The highest BCUT2D eigenvalue weighted by Crippen LogP contribution is 2.27. The van der Waals surface area contributed by atoms with E-state index in [0.29, 0.717) is 10.5 Å². The second-order valence-corrected chi connectivity index (χ2v) is 4.15. The van der Waals surface area contributed by atoms with Crippen LogP contribution in [0.3, 0.4) is 0 Å². The minimum absolute atomic E-state index is 0.0163. The van der Waals surface area contributed by atoms with E-state index in [1.807, 2.05) is 0 Å². The zero-order chi connectivity index (χ0) is 14.5. The molecule has 1 N–H and O–H groups in total. The third-order valence-corrected chi connectivity index (χ3v) is 2.71. The van der Waals surface area contributed by atoms with Crippen LogP contribution in [0, 0.1) is 15.3 Å². The van der Waals surface area contributed by atoms with Gasteiger partial charge in [-0.2, -0.15) is 0 Å². The molecule has 8 heteroatoms. The number of hydrogen-bond acceptors (Lipinski definition) is 4. The number of anilines is 1. The molecule has 0 heterocycles. The van der Waals surface area contributed by atoms with Gasteiger partial charge in [-0.25, -0.2) is 0 Å². The first kappa shape index (κ1) is 13.8.